The molecular formula is C12H19N5O. The average Bonchev–Trinajstić information content (AvgIpc) is 2.90. The van der Waals surface area contributed by atoms with Gasteiger partial charge in [-0.05, 0) is 31.0 Å². The molecule has 18 heavy (non-hydrogen) atoms. The lowest BCUT2D eigenvalue weighted by molar-refractivity contribution is 0.236. The number of carbonyl (C=O) groups is 1. The number of hydrogen-bond donors (Lipinski definition) is 4. The Kier molecular flexibility index (Phi) is 4.49. The molecule has 0 spiro atoms. The summed E-state index contributed by atoms with van der Waals surface area (Å²) in [6.07, 6.45) is 4.47. The fourth-order valence-electron chi connectivity index (χ4n) is 1.89. The van der Waals surface area contributed by atoms with Gasteiger partial charge >= 0.3 is 6.03 Å². The summed E-state index contributed by atoms with van der Waals surface area (Å²) < 4.78 is 0. The monoisotopic (exact) mass is 249 g/mol. The molecule has 1 aromatic rings. The van der Waals surface area contributed by atoms with E-state index in [0.717, 1.165) is 18.5 Å². The number of aromatic nitrogens is 1. The zero-order chi connectivity index (χ0) is 12.8. The van der Waals surface area contributed by atoms with E-state index in [-0.39, 0.29) is 12.1 Å². The lowest BCUT2D eigenvalue weighted by Crippen LogP contribution is -2.44. The maximum atomic E-state index is 11.7. The van der Waals surface area contributed by atoms with Crippen LogP contribution in [0.5, 0.6) is 0 Å². The Morgan fingerprint density at radius 2 is 2.33 bits per heavy atom. The van der Waals surface area contributed by atoms with Crippen molar-refractivity contribution in [3.05, 3.63) is 30.1 Å². The number of carbonyl (C=O) groups excluding carboxylic acids is 1. The number of hydrogen-bond acceptors (Lipinski definition) is 4. The van der Waals surface area contributed by atoms with Crippen LogP contribution in [0.1, 0.15) is 24.9 Å². The summed E-state index contributed by atoms with van der Waals surface area (Å²) in [5.41, 5.74) is 7.17. The van der Waals surface area contributed by atoms with Gasteiger partial charge in [-0.25, -0.2) is 4.79 Å². The SMILES string of the molecule is CC(NC(=O)NCC1CCNN1)c1ccncc1. The molecule has 98 valence electrons. The minimum absolute atomic E-state index is 0.0253. The molecule has 0 bridgehead atoms. The number of nitrogens with one attached hydrogen (secondary N) is 4. The van der Waals surface area contributed by atoms with Gasteiger partial charge in [0.1, 0.15) is 0 Å². The van der Waals surface area contributed by atoms with Crippen molar-refractivity contribution in [2.75, 3.05) is 13.1 Å². The van der Waals surface area contributed by atoms with Crippen LogP contribution in [0.3, 0.4) is 0 Å². The zero-order valence-electron chi connectivity index (χ0n) is 10.4. The van der Waals surface area contributed by atoms with E-state index in [1.807, 2.05) is 19.1 Å². The van der Waals surface area contributed by atoms with Crippen LogP contribution >= 0.6 is 0 Å². The van der Waals surface area contributed by atoms with E-state index in [0.29, 0.717) is 12.6 Å². The maximum absolute atomic E-state index is 11.7. The topological polar surface area (TPSA) is 78.1 Å². The van der Waals surface area contributed by atoms with E-state index in [1.165, 1.54) is 0 Å². The third-order valence-corrected chi connectivity index (χ3v) is 2.99. The van der Waals surface area contributed by atoms with E-state index in [2.05, 4.69) is 26.5 Å². The minimum atomic E-state index is -0.145. The quantitative estimate of drug-likeness (QED) is 0.619. The van der Waals surface area contributed by atoms with E-state index in [9.17, 15) is 4.79 Å². The highest BCUT2D eigenvalue weighted by molar-refractivity contribution is 5.74. The van der Waals surface area contributed by atoms with E-state index < -0.39 is 0 Å². The van der Waals surface area contributed by atoms with E-state index in [1.54, 1.807) is 12.4 Å². The molecule has 0 radical (unpaired) electrons. The highest BCUT2D eigenvalue weighted by atomic mass is 16.2. The van der Waals surface area contributed by atoms with Gasteiger partial charge in [-0.15, -0.1) is 0 Å². The van der Waals surface area contributed by atoms with Crippen molar-refractivity contribution >= 4 is 6.03 Å². The summed E-state index contributed by atoms with van der Waals surface area (Å²) in [5.74, 6) is 0. The van der Waals surface area contributed by atoms with Gasteiger partial charge in [0.25, 0.3) is 0 Å². The van der Waals surface area contributed by atoms with Gasteiger partial charge in [0.2, 0.25) is 0 Å². The first-order chi connectivity index (χ1) is 8.75. The first kappa shape index (κ1) is 12.8. The van der Waals surface area contributed by atoms with Crippen molar-refractivity contribution in [2.45, 2.75) is 25.4 Å². The second-order valence-corrected chi connectivity index (χ2v) is 4.41. The second-order valence-electron chi connectivity index (χ2n) is 4.41. The molecule has 0 aliphatic carbocycles. The number of pyridine rings is 1. The molecular weight excluding hydrogens is 230 g/mol. The van der Waals surface area contributed by atoms with Gasteiger partial charge in [-0.3, -0.25) is 15.8 Å². The van der Waals surface area contributed by atoms with Gasteiger partial charge in [-0.2, -0.15) is 0 Å². The summed E-state index contributed by atoms with van der Waals surface area (Å²) in [6, 6.07) is 3.93. The van der Waals surface area contributed by atoms with Crippen LogP contribution in [0, 0.1) is 0 Å². The molecule has 2 heterocycles. The zero-order valence-corrected chi connectivity index (χ0v) is 10.4. The van der Waals surface area contributed by atoms with Crippen molar-refractivity contribution in [1.82, 2.24) is 26.5 Å². The molecule has 4 N–H and O–H groups in total. The fourth-order valence-corrected chi connectivity index (χ4v) is 1.89. The first-order valence-electron chi connectivity index (χ1n) is 6.18. The van der Waals surface area contributed by atoms with Gasteiger partial charge in [0.15, 0.2) is 0 Å². The summed E-state index contributed by atoms with van der Waals surface area (Å²) in [7, 11) is 0. The Balaban J connectivity index is 1.73. The number of amides is 2. The summed E-state index contributed by atoms with van der Waals surface area (Å²) in [5, 5.41) is 5.75. The van der Waals surface area contributed by atoms with Crippen LogP contribution in [0.4, 0.5) is 4.79 Å². The first-order valence-corrected chi connectivity index (χ1v) is 6.18. The highest BCUT2D eigenvalue weighted by Gasteiger charge is 2.15. The molecule has 1 fully saturated rings. The molecule has 2 amide bonds. The Morgan fingerprint density at radius 1 is 1.56 bits per heavy atom. The summed E-state index contributed by atoms with van der Waals surface area (Å²) in [4.78, 5) is 15.6. The lowest BCUT2D eigenvalue weighted by Gasteiger charge is -2.16. The van der Waals surface area contributed by atoms with Gasteiger partial charge < -0.3 is 10.6 Å². The van der Waals surface area contributed by atoms with Gasteiger partial charge in [0, 0.05) is 31.5 Å². The van der Waals surface area contributed by atoms with Crippen LogP contribution in [-0.2, 0) is 0 Å². The second kappa shape index (κ2) is 6.32. The predicted octanol–water partition coefficient (Wildman–Crippen LogP) is 0.308. The Morgan fingerprint density at radius 3 is 3.00 bits per heavy atom. The molecule has 2 rings (SSSR count). The molecule has 1 aliphatic rings. The molecule has 2 atom stereocenters. The smallest absolute Gasteiger partial charge is 0.315 e. The standard InChI is InChI=1S/C12H19N5O/c1-9(10-2-5-13-6-3-10)16-12(18)14-8-11-4-7-15-17-11/h2-3,5-6,9,11,15,17H,4,7-8H2,1H3,(H2,14,16,18). The number of nitrogens with zero attached hydrogens (tertiary/aromatic N) is 1. The number of rotatable bonds is 4. The summed E-state index contributed by atoms with van der Waals surface area (Å²) in [6.45, 7) is 3.52. The van der Waals surface area contributed by atoms with Crippen molar-refractivity contribution in [2.24, 2.45) is 0 Å². The molecule has 1 aliphatic heterocycles. The van der Waals surface area contributed by atoms with Crippen LogP contribution in [0.2, 0.25) is 0 Å². The maximum Gasteiger partial charge on any atom is 0.315 e. The molecule has 0 aromatic carbocycles. The summed E-state index contributed by atoms with van der Waals surface area (Å²) >= 11 is 0. The van der Waals surface area contributed by atoms with E-state index >= 15 is 0 Å². The Bertz CT molecular complexity index is 377. The molecule has 6 nitrogen and oxygen atoms in total. The molecule has 2 unspecified atom stereocenters. The van der Waals surface area contributed by atoms with Crippen LogP contribution in [-0.4, -0.2) is 30.1 Å². The molecule has 6 heteroatoms. The van der Waals surface area contributed by atoms with Gasteiger partial charge in [-0.1, -0.05) is 0 Å². The lowest BCUT2D eigenvalue weighted by atomic mass is 10.1. The molecule has 0 saturated carbocycles. The third kappa shape index (κ3) is 3.68. The number of urea groups is 1. The average molecular weight is 249 g/mol. The largest absolute Gasteiger partial charge is 0.337 e. The van der Waals surface area contributed by atoms with Crippen molar-refractivity contribution in [1.29, 1.82) is 0 Å². The number of hydrazine groups is 1. The van der Waals surface area contributed by atoms with Crippen LogP contribution in [0.15, 0.2) is 24.5 Å². The van der Waals surface area contributed by atoms with Crippen molar-refractivity contribution < 1.29 is 4.79 Å². The van der Waals surface area contributed by atoms with Gasteiger partial charge in [0.05, 0.1) is 6.04 Å². The fraction of sp³-hybridized carbons (Fsp3) is 0.500. The van der Waals surface area contributed by atoms with Crippen LogP contribution in [0.25, 0.3) is 0 Å². The van der Waals surface area contributed by atoms with Crippen molar-refractivity contribution in [3.63, 3.8) is 0 Å². The normalized spacial score (nSPS) is 20.4. The predicted molar refractivity (Wildman–Crippen MR) is 68.7 cm³/mol. The molecule has 1 saturated heterocycles. The Hall–Kier alpha value is -1.66. The van der Waals surface area contributed by atoms with Crippen molar-refractivity contribution in [3.8, 4) is 0 Å². The third-order valence-electron chi connectivity index (χ3n) is 2.99. The van der Waals surface area contributed by atoms with Crippen LogP contribution < -0.4 is 21.5 Å². The molecule has 1 aromatic heterocycles. The minimum Gasteiger partial charge on any atom is -0.337 e. The highest BCUT2D eigenvalue weighted by Crippen LogP contribution is 2.09. The Labute approximate surface area is 107 Å². The van der Waals surface area contributed by atoms with E-state index in [4.69, 9.17) is 0 Å².